The van der Waals surface area contributed by atoms with Crippen molar-refractivity contribution in [3.8, 4) is 5.75 Å². The Morgan fingerprint density at radius 1 is 0.935 bits per heavy atom. The zero-order valence-corrected chi connectivity index (χ0v) is 16.5. The monoisotopic (exact) mass is 418 g/mol. The molecule has 0 radical (unpaired) electrons. The topological polar surface area (TPSA) is 124 Å². The zero-order valence-electron chi connectivity index (χ0n) is 16.5. The van der Waals surface area contributed by atoms with Gasteiger partial charge in [0, 0.05) is 30.7 Å². The number of carbonyl (C=O) groups is 2. The third-order valence-electron chi connectivity index (χ3n) is 4.65. The molecule has 2 amide bonds. The van der Waals surface area contributed by atoms with Crippen LogP contribution >= 0.6 is 0 Å². The molecule has 0 aliphatic rings. The van der Waals surface area contributed by atoms with Crippen molar-refractivity contribution in [3.05, 3.63) is 106 Å². The van der Waals surface area contributed by atoms with E-state index in [4.69, 9.17) is 0 Å². The Hall–Kier alpha value is -4.20. The van der Waals surface area contributed by atoms with Gasteiger partial charge in [-0.15, -0.1) is 5.75 Å². The third-order valence-corrected chi connectivity index (χ3v) is 4.65. The highest BCUT2D eigenvalue weighted by Crippen LogP contribution is 2.20. The van der Waals surface area contributed by atoms with Gasteiger partial charge in [0.15, 0.2) is 0 Å². The summed E-state index contributed by atoms with van der Waals surface area (Å²) in [4.78, 5) is 35.8. The fraction of sp³-hybridized carbons (Fsp3) is 0.130. The van der Waals surface area contributed by atoms with Gasteiger partial charge in [-0.05, 0) is 23.3 Å². The summed E-state index contributed by atoms with van der Waals surface area (Å²) >= 11 is 0. The molecule has 2 N–H and O–H groups in total. The van der Waals surface area contributed by atoms with Crippen LogP contribution < -0.4 is 15.7 Å². The van der Waals surface area contributed by atoms with Crippen LogP contribution in [0.15, 0.2) is 78.9 Å². The molecule has 3 aromatic carbocycles. The van der Waals surface area contributed by atoms with E-state index in [1.807, 2.05) is 30.3 Å². The van der Waals surface area contributed by atoms with Crippen LogP contribution in [-0.2, 0) is 17.8 Å². The molecule has 0 aliphatic carbocycles. The highest BCUT2D eigenvalue weighted by molar-refractivity contribution is 5.97. The molecular weight excluding hydrogens is 398 g/mol. The Morgan fingerprint density at radius 3 is 2.23 bits per heavy atom. The Morgan fingerprint density at radius 2 is 1.58 bits per heavy atom. The van der Waals surface area contributed by atoms with Gasteiger partial charge in [-0.2, -0.15) is 0 Å². The highest BCUT2D eigenvalue weighted by atomic mass is 16.6. The predicted octanol–water partition coefficient (Wildman–Crippen LogP) is 2.33. The van der Waals surface area contributed by atoms with Crippen LogP contribution in [0.4, 0.5) is 5.69 Å². The van der Waals surface area contributed by atoms with Crippen LogP contribution in [0.25, 0.3) is 0 Å². The lowest BCUT2D eigenvalue weighted by Crippen LogP contribution is -2.47. The van der Waals surface area contributed by atoms with Crippen LogP contribution in [0, 0.1) is 10.1 Å². The van der Waals surface area contributed by atoms with E-state index >= 15 is 0 Å². The van der Waals surface area contributed by atoms with E-state index in [1.165, 1.54) is 0 Å². The average Bonchev–Trinajstić information content (AvgIpc) is 2.79. The molecule has 0 heterocycles. The van der Waals surface area contributed by atoms with E-state index in [2.05, 4.69) is 10.6 Å². The van der Waals surface area contributed by atoms with Crippen molar-refractivity contribution in [2.24, 2.45) is 0 Å². The van der Waals surface area contributed by atoms with Gasteiger partial charge in [-0.3, -0.25) is 19.7 Å². The average molecular weight is 418 g/mol. The van der Waals surface area contributed by atoms with E-state index in [0.29, 0.717) is 5.56 Å². The van der Waals surface area contributed by atoms with E-state index in [0.717, 1.165) is 23.8 Å². The standard InChI is InChI=1S/C23H21N3O5/c27-21-12-11-19(26(30)31)14-18(21)15-24-23(29)20(13-16-7-3-1-4-8-16)25-22(28)17-9-5-2-6-10-17/h1-12,14,20,27H,13,15H2,(H,24,29)(H,25,28)/p-1/t20-/m1/s1. The van der Waals surface area contributed by atoms with Crippen molar-refractivity contribution >= 4 is 17.5 Å². The maximum absolute atomic E-state index is 12.9. The number of hydrogen-bond donors (Lipinski definition) is 2. The minimum atomic E-state index is -0.899. The quantitative estimate of drug-likeness (QED) is 0.429. The molecule has 0 fully saturated rings. The molecule has 158 valence electrons. The lowest BCUT2D eigenvalue weighted by atomic mass is 10.0. The molecular formula is C23H20N3O5-. The molecule has 0 aromatic heterocycles. The van der Waals surface area contributed by atoms with Gasteiger partial charge in [0.05, 0.1) is 4.92 Å². The largest absolute Gasteiger partial charge is 0.872 e. The van der Waals surface area contributed by atoms with Crippen molar-refractivity contribution in [1.82, 2.24) is 10.6 Å². The summed E-state index contributed by atoms with van der Waals surface area (Å²) in [5.74, 6) is -1.32. The number of benzene rings is 3. The van der Waals surface area contributed by atoms with E-state index in [-0.39, 0.29) is 24.2 Å². The Bertz CT molecular complexity index is 1070. The Kier molecular flexibility index (Phi) is 6.95. The minimum Gasteiger partial charge on any atom is -0.872 e. The molecule has 3 aromatic rings. The van der Waals surface area contributed by atoms with Crippen molar-refractivity contribution in [2.45, 2.75) is 19.0 Å². The Labute approximate surface area is 178 Å². The maximum atomic E-state index is 12.9. The lowest BCUT2D eigenvalue weighted by molar-refractivity contribution is -0.385. The summed E-state index contributed by atoms with van der Waals surface area (Å²) in [6.07, 6.45) is 0.240. The number of carbonyl (C=O) groups excluding carboxylic acids is 2. The van der Waals surface area contributed by atoms with Gasteiger partial charge in [-0.1, -0.05) is 54.6 Å². The van der Waals surface area contributed by atoms with Crippen LogP contribution in [0.1, 0.15) is 21.5 Å². The Balaban J connectivity index is 1.75. The summed E-state index contributed by atoms with van der Waals surface area (Å²) in [6, 6.07) is 20.1. The van der Waals surface area contributed by atoms with Crippen LogP contribution in [-0.4, -0.2) is 22.8 Å². The molecule has 0 unspecified atom stereocenters. The molecule has 3 rings (SSSR count). The van der Waals surface area contributed by atoms with Gasteiger partial charge < -0.3 is 15.7 Å². The van der Waals surface area contributed by atoms with E-state index in [9.17, 15) is 24.8 Å². The van der Waals surface area contributed by atoms with E-state index < -0.39 is 28.5 Å². The number of nitro benzene ring substituents is 1. The van der Waals surface area contributed by atoms with Crippen LogP contribution in [0.3, 0.4) is 0 Å². The summed E-state index contributed by atoms with van der Waals surface area (Å²) in [5.41, 5.74) is 1.11. The molecule has 0 saturated carbocycles. The number of amides is 2. The molecule has 0 spiro atoms. The molecule has 8 heteroatoms. The second-order valence-electron chi connectivity index (χ2n) is 6.85. The summed E-state index contributed by atoms with van der Waals surface area (Å²) in [5, 5.41) is 28.3. The lowest BCUT2D eigenvalue weighted by Gasteiger charge is -2.20. The molecule has 1 atom stereocenters. The van der Waals surface area contributed by atoms with E-state index in [1.54, 1.807) is 30.3 Å². The molecule has 0 bridgehead atoms. The first-order chi connectivity index (χ1) is 14.9. The predicted molar refractivity (Wildman–Crippen MR) is 112 cm³/mol. The molecule has 0 saturated heterocycles. The first kappa shape index (κ1) is 21.5. The number of nitrogens with zero attached hydrogens (tertiary/aromatic N) is 1. The first-order valence-electron chi connectivity index (χ1n) is 9.56. The van der Waals surface area contributed by atoms with Gasteiger partial charge >= 0.3 is 0 Å². The minimum absolute atomic E-state index is 0.0930. The van der Waals surface area contributed by atoms with Gasteiger partial charge in [0.25, 0.3) is 11.6 Å². The van der Waals surface area contributed by atoms with Crippen molar-refractivity contribution in [2.75, 3.05) is 0 Å². The van der Waals surface area contributed by atoms with Crippen molar-refractivity contribution in [1.29, 1.82) is 0 Å². The number of rotatable bonds is 8. The normalized spacial score (nSPS) is 11.4. The zero-order chi connectivity index (χ0) is 22.2. The number of non-ortho nitro benzene ring substituents is 1. The highest BCUT2D eigenvalue weighted by Gasteiger charge is 2.22. The molecule has 8 nitrogen and oxygen atoms in total. The summed E-state index contributed by atoms with van der Waals surface area (Å²) < 4.78 is 0. The summed E-state index contributed by atoms with van der Waals surface area (Å²) in [6.45, 7) is -0.189. The molecule has 31 heavy (non-hydrogen) atoms. The van der Waals surface area contributed by atoms with Gasteiger partial charge in [0.2, 0.25) is 5.91 Å². The third kappa shape index (κ3) is 5.89. The SMILES string of the molecule is O=C(N[C@H](Cc1ccccc1)C(=O)NCc1cc([N+](=O)[O-])ccc1[O-])c1ccccc1. The van der Waals surface area contributed by atoms with Crippen molar-refractivity contribution < 1.29 is 19.6 Å². The number of nitrogens with one attached hydrogen (secondary N) is 2. The second kappa shape index (κ2) is 10.0. The van der Waals surface area contributed by atoms with Crippen LogP contribution in [0.2, 0.25) is 0 Å². The number of hydrogen-bond acceptors (Lipinski definition) is 5. The van der Waals surface area contributed by atoms with Gasteiger partial charge in [-0.25, -0.2) is 0 Å². The van der Waals surface area contributed by atoms with Gasteiger partial charge in [0.1, 0.15) is 6.04 Å². The number of nitro groups is 1. The fourth-order valence-electron chi connectivity index (χ4n) is 3.01. The smallest absolute Gasteiger partial charge is 0.269 e. The first-order valence-corrected chi connectivity index (χ1v) is 9.56. The van der Waals surface area contributed by atoms with Crippen molar-refractivity contribution in [3.63, 3.8) is 0 Å². The molecule has 0 aliphatic heterocycles. The second-order valence-corrected chi connectivity index (χ2v) is 6.85. The fourth-order valence-corrected chi connectivity index (χ4v) is 3.01. The van der Waals surface area contributed by atoms with Crippen LogP contribution in [0.5, 0.6) is 5.75 Å². The summed E-state index contributed by atoms with van der Waals surface area (Å²) in [7, 11) is 0. The maximum Gasteiger partial charge on any atom is 0.269 e.